The number of amides is 1. The van der Waals surface area contributed by atoms with Crippen molar-refractivity contribution >= 4 is 51.1 Å². The van der Waals surface area contributed by atoms with Gasteiger partial charge in [-0.15, -0.1) is 10.2 Å². The fraction of sp³-hybridized carbons (Fsp3) is 0.238. The monoisotopic (exact) mass is 406 g/mol. The van der Waals surface area contributed by atoms with Gasteiger partial charge in [0.2, 0.25) is 11.1 Å². The van der Waals surface area contributed by atoms with Gasteiger partial charge in [-0.25, -0.2) is 4.98 Å². The maximum atomic E-state index is 12.3. The van der Waals surface area contributed by atoms with E-state index in [0.717, 1.165) is 40.0 Å². The molecule has 2 heterocycles. The second kappa shape index (κ2) is 8.08. The first-order chi connectivity index (χ1) is 14.1. The van der Waals surface area contributed by atoms with Gasteiger partial charge in [0.1, 0.15) is 5.52 Å². The topological polar surface area (TPSA) is 75.9 Å². The van der Waals surface area contributed by atoms with E-state index in [-0.39, 0.29) is 11.7 Å². The number of aromatic nitrogens is 4. The lowest BCUT2D eigenvalue weighted by molar-refractivity contribution is -0.113. The number of nitrogens with zero attached hydrogens (tertiary/aromatic N) is 5. The van der Waals surface area contributed by atoms with Crippen LogP contribution in [0.25, 0.3) is 22.1 Å². The summed E-state index contributed by atoms with van der Waals surface area (Å²) in [4.78, 5) is 19.0. The Labute approximate surface area is 173 Å². The first kappa shape index (κ1) is 19.2. The molecule has 0 spiro atoms. The molecule has 1 amide bonds. The van der Waals surface area contributed by atoms with E-state index in [1.807, 2.05) is 61.5 Å². The molecule has 0 fully saturated rings. The number of para-hydroxylation sites is 1. The molecule has 0 bridgehead atoms. The Balaban J connectivity index is 1.48. The Hall–Kier alpha value is -3.13. The zero-order chi connectivity index (χ0) is 20.4. The molecule has 0 aliphatic heterocycles. The van der Waals surface area contributed by atoms with Gasteiger partial charge < -0.3 is 14.8 Å². The lowest BCUT2D eigenvalue weighted by Crippen LogP contribution is -2.15. The van der Waals surface area contributed by atoms with E-state index in [2.05, 4.69) is 38.1 Å². The Kier molecular flexibility index (Phi) is 5.35. The molecule has 8 heteroatoms. The summed E-state index contributed by atoms with van der Waals surface area (Å²) in [7, 11) is 3.96. The Morgan fingerprint density at radius 1 is 1.10 bits per heavy atom. The number of carbonyl (C=O) groups excluding carboxylic acids is 1. The van der Waals surface area contributed by atoms with E-state index in [1.165, 1.54) is 11.8 Å². The quantitative estimate of drug-likeness (QED) is 0.491. The van der Waals surface area contributed by atoms with Crippen LogP contribution in [0.4, 0.5) is 11.4 Å². The third-order valence-corrected chi connectivity index (χ3v) is 5.51. The van der Waals surface area contributed by atoms with Gasteiger partial charge in [-0.05, 0) is 37.3 Å². The van der Waals surface area contributed by atoms with E-state index in [0.29, 0.717) is 5.16 Å². The van der Waals surface area contributed by atoms with E-state index >= 15 is 0 Å². The summed E-state index contributed by atoms with van der Waals surface area (Å²) in [6.07, 6.45) is 0. The first-order valence-corrected chi connectivity index (χ1v) is 10.4. The molecule has 0 atom stereocenters. The molecule has 148 valence electrons. The molecular formula is C21H22N6OS. The molecule has 4 aromatic rings. The maximum Gasteiger partial charge on any atom is 0.234 e. The largest absolute Gasteiger partial charge is 0.378 e. The standard InChI is InChI=1S/C21H22N6OS/c1-4-27-17-8-6-5-7-16(17)19-20(27)23-21(25-24-19)29-13-18(28)22-14-9-11-15(12-10-14)26(2)3/h5-12H,4,13H2,1-3H3,(H,22,28). The Morgan fingerprint density at radius 2 is 1.86 bits per heavy atom. The third-order valence-electron chi connectivity index (χ3n) is 4.67. The van der Waals surface area contributed by atoms with Gasteiger partial charge >= 0.3 is 0 Å². The summed E-state index contributed by atoms with van der Waals surface area (Å²) in [6.45, 7) is 2.87. The first-order valence-electron chi connectivity index (χ1n) is 9.38. The van der Waals surface area contributed by atoms with Crippen molar-refractivity contribution in [1.82, 2.24) is 19.7 Å². The molecule has 29 heavy (non-hydrogen) atoms. The van der Waals surface area contributed by atoms with Crippen LogP contribution in [0.2, 0.25) is 0 Å². The maximum absolute atomic E-state index is 12.3. The lowest BCUT2D eigenvalue weighted by Gasteiger charge is -2.12. The summed E-state index contributed by atoms with van der Waals surface area (Å²) in [6, 6.07) is 15.8. The number of carbonyl (C=O) groups is 1. The number of anilines is 2. The van der Waals surface area contributed by atoms with Gasteiger partial charge in [0, 0.05) is 37.4 Å². The van der Waals surface area contributed by atoms with Crippen LogP contribution in [0.15, 0.2) is 53.7 Å². The highest BCUT2D eigenvalue weighted by atomic mass is 32.2. The average molecular weight is 407 g/mol. The van der Waals surface area contributed by atoms with Crippen molar-refractivity contribution in [3.8, 4) is 0 Å². The molecule has 0 aliphatic rings. The second-order valence-electron chi connectivity index (χ2n) is 6.81. The van der Waals surface area contributed by atoms with Crippen LogP contribution in [0.5, 0.6) is 0 Å². The minimum Gasteiger partial charge on any atom is -0.378 e. The number of fused-ring (bicyclic) bond motifs is 3. The van der Waals surface area contributed by atoms with Gasteiger partial charge in [-0.2, -0.15) is 0 Å². The van der Waals surface area contributed by atoms with Crippen molar-refractivity contribution in [1.29, 1.82) is 0 Å². The normalized spacial score (nSPS) is 11.1. The summed E-state index contributed by atoms with van der Waals surface area (Å²) >= 11 is 1.28. The van der Waals surface area contributed by atoms with Crippen LogP contribution in [0.3, 0.4) is 0 Å². The highest BCUT2D eigenvalue weighted by molar-refractivity contribution is 7.99. The smallest absolute Gasteiger partial charge is 0.234 e. The number of aryl methyl sites for hydroxylation is 1. The van der Waals surface area contributed by atoms with Crippen molar-refractivity contribution in [2.24, 2.45) is 0 Å². The van der Waals surface area contributed by atoms with Gasteiger partial charge in [0.05, 0.1) is 11.3 Å². The van der Waals surface area contributed by atoms with Gasteiger partial charge in [0.15, 0.2) is 5.65 Å². The number of thioether (sulfide) groups is 1. The van der Waals surface area contributed by atoms with E-state index in [1.54, 1.807) is 0 Å². The van der Waals surface area contributed by atoms with E-state index in [9.17, 15) is 4.79 Å². The van der Waals surface area contributed by atoms with Crippen molar-refractivity contribution in [3.05, 3.63) is 48.5 Å². The zero-order valence-electron chi connectivity index (χ0n) is 16.6. The predicted octanol–water partition coefficient (Wildman–Crippen LogP) is 3.80. The van der Waals surface area contributed by atoms with E-state index < -0.39 is 0 Å². The van der Waals surface area contributed by atoms with Crippen molar-refractivity contribution in [3.63, 3.8) is 0 Å². The molecule has 0 radical (unpaired) electrons. The number of hydrogen-bond donors (Lipinski definition) is 1. The van der Waals surface area contributed by atoms with Crippen LogP contribution < -0.4 is 10.2 Å². The highest BCUT2D eigenvalue weighted by Crippen LogP contribution is 2.27. The number of hydrogen-bond acceptors (Lipinski definition) is 6. The minimum absolute atomic E-state index is 0.104. The Morgan fingerprint density at radius 3 is 2.59 bits per heavy atom. The molecule has 0 unspecified atom stereocenters. The summed E-state index contributed by atoms with van der Waals surface area (Å²) in [5.74, 6) is 0.113. The molecule has 4 rings (SSSR count). The van der Waals surface area contributed by atoms with Crippen LogP contribution >= 0.6 is 11.8 Å². The van der Waals surface area contributed by atoms with Crippen LogP contribution in [-0.4, -0.2) is 45.5 Å². The van der Waals surface area contributed by atoms with Crippen molar-refractivity contribution < 1.29 is 4.79 Å². The zero-order valence-corrected chi connectivity index (χ0v) is 17.4. The van der Waals surface area contributed by atoms with E-state index in [4.69, 9.17) is 0 Å². The molecule has 7 nitrogen and oxygen atoms in total. The predicted molar refractivity (Wildman–Crippen MR) is 119 cm³/mol. The fourth-order valence-corrected chi connectivity index (χ4v) is 3.82. The molecule has 2 aromatic carbocycles. The second-order valence-corrected chi connectivity index (χ2v) is 7.75. The molecular weight excluding hydrogens is 384 g/mol. The number of nitrogens with one attached hydrogen (secondary N) is 1. The van der Waals surface area contributed by atoms with Crippen LogP contribution in [0.1, 0.15) is 6.92 Å². The molecule has 0 aliphatic carbocycles. The fourth-order valence-electron chi connectivity index (χ4n) is 3.24. The lowest BCUT2D eigenvalue weighted by atomic mass is 10.2. The summed E-state index contributed by atoms with van der Waals surface area (Å²) in [5.41, 5.74) is 4.52. The molecule has 0 saturated heterocycles. The van der Waals surface area contributed by atoms with Crippen LogP contribution in [-0.2, 0) is 11.3 Å². The molecule has 2 aromatic heterocycles. The average Bonchev–Trinajstić information content (AvgIpc) is 3.05. The van der Waals surface area contributed by atoms with Gasteiger partial charge in [0.25, 0.3) is 0 Å². The number of rotatable bonds is 6. The Bertz CT molecular complexity index is 1170. The van der Waals surface area contributed by atoms with Crippen LogP contribution in [0, 0.1) is 0 Å². The molecule has 0 saturated carbocycles. The summed E-state index contributed by atoms with van der Waals surface area (Å²) < 4.78 is 2.12. The highest BCUT2D eigenvalue weighted by Gasteiger charge is 2.14. The van der Waals surface area contributed by atoms with Crippen molar-refractivity contribution in [2.45, 2.75) is 18.6 Å². The number of benzene rings is 2. The summed E-state index contributed by atoms with van der Waals surface area (Å²) in [5, 5.41) is 13.0. The molecule has 1 N–H and O–H groups in total. The third kappa shape index (κ3) is 3.88. The SMILES string of the molecule is CCn1c2ccccc2c2nnc(SCC(=O)Nc3ccc(N(C)C)cc3)nc21. The van der Waals surface area contributed by atoms with Gasteiger partial charge in [-0.3, -0.25) is 4.79 Å². The minimum atomic E-state index is -0.104. The van der Waals surface area contributed by atoms with Gasteiger partial charge in [-0.1, -0.05) is 30.0 Å². The van der Waals surface area contributed by atoms with Crippen molar-refractivity contribution in [2.75, 3.05) is 30.1 Å².